The summed E-state index contributed by atoms with van der Waals surface area (Å²) in [5, 5.41) is 5.58. The Morgan fingerprint density at radius 3 is 2.39 bits per heavy atom. The van der Waals surface area contributed by atoms with Gasteiger partial charge in [0.05, 0.1) is 10.6 Å². The van der Waals surface area contributed by atoms with Crippen molar-refractivity contribution >= 4 is 50.7 Å². The summed E-state index contributed by atoms with van der Waals surface area (Å²) >= 11 is 1.57. The molecule has 33 heavy (non-hydrogen) atoms. The van der Waals surface area contributed by atoms with Crippen LogP contribution in [0.3, 0.4) is 0 Å². The van der Waals surface area contributed by atoms with Crippen LogP contribution in [0.15, 0.2) is 70.5 Å². The average molecular weight is 482 g/mol. The highest BCUT2D eigenvalue weighted by Crippen LogP contribution is 2.31. The maximum absolute atomic E-state index is 12.7. The van der Waals surface area contributed by atoms with Crippen LogP contribution in [0, 0.1) is 13.8 Å². The Kier molecular flexibility index (Phi) is 6.44. The van der Waals surface area contributed by atoms with E-state index in [4.69, 9.17) is 0 Å². The minimum absolute atomic E-state index is 0.0787. The summed E-state index contributed by atoms with van der Waals surface area (Å²) in [7, 11) is -3.76. The Labute approximate surface area is 197 Å². The molecule has 0 aromatic heterocycles. The van der Waals surface area contributed by atoms with E-state index in [0.29, 0.717) is 34.8 Å². The lowest BCUT2D eigenvalue weighted by Gasteiger charge is -2.12. The summed E-state index contributed by atoms with van der Waals surface area (Å²) in [6, 6.07) is 16.5. The van der Waals surface area contributed by atoms with Gasteiger partial charge in [0.25, 0.3) is 15.9 Å². The molecule has 2 amide bonds. The molecule has 3 N–H and O–H groups in total. The fourth-order valence-corrected chi connectivity index (χ4v) is 5.29. The number of hydrogen-bond acceptors (Lipinski definition) is 5. The zero-order chi connectivity index (χ0) is 23.6. The van der Waals surface area contributed by atoms with Crippen molar-refractivity contribution in [2.45, 2.75) is 30.1 Å². The molecule has 9 heteroatoms. The van der Waals surface area contributed by atoms with Crippen LogP contribution in [-0.4, -0.2) is 26.0 Å². The van der Waals surface area contributed by atoms with E-state index in [1.807, 2.05) is 26.0 Å². The second kappa shape index (κ2) is 9.29. The maximum Gasteiger partial charge on any atom is 0.261 e. The fraction of sp³-hybridized carbons (Fsp3) is 0.167. The van der Waals surface area contributed by atoms with Crippen LogP contribution in [0.5, 0.6) is 0 Å². The van der Waals surface area contributed by atoms with Gasteiger partial charge in [0.2, 0.25) is 5.91 Å². The minimum Gasteiger partial charge on any atom is -0.325 e. The maximum atomic E-state index is 12.7. The van der Waals surface area contributed by atoms with Crippen molar-refractivity contribution in [2.75, 3.05) is 21.1 Å². The molecule has 1 aliphatic heterocycles. The molecule has 1 aliphatic rings. The van der Waals surface area contributed by atoms with E-state index < -0.39 is 10.0 Å². The van der Waals surface area contributed by atoms with Crippen molar-refractivity contribution in [3.8, 4) is 0 Å². The summed E-state index contributed by atoms with van der Waals surface area (Å²) in [5.74, 6) is 0.257. The second-order valence-electron chi connectivity index (χ2n) is 7.74. The van der Waals surface area contributed by atoms with Crippen LogP contribution in [0.25, 0.3) is 0 Å². The van der Waals surface area contributed by atoms with Gasteiger partial charge >= 0.3 is 0 Å². The highest BCUT2D eigenvalue weighted by atomic mass is 32.2. The number of amides is 2. The first-order valence-corrected chi connectivity index (χ1v) is 12.8. The Bertz CT molecular complexity index is 1340. The van der Waals surface area contributed by atoms with Crippen LogP contribution in [0.4, 0.5) is 17.1 Å². The van der Waals surface area contributed by atoms with E-state index in [0.717, 1.165) is 16.0 Å². The third-order valence-electron chi connectivity index (χ3n) is 5.28. The van der Waals surface area contributed by atoms with Gasteiger partial charge in [-0.25, -0.2) is 8.42 Å². The normalized spacial score (nSPS) is 13.5. The number of sulfonamides is 1. The fourth-order valence-electron chi connectivity index (χ4n) is 3.30. The van der Waals surface area contributed by atoms with Gasteiger partial charge in [0, 0.05) is 34.0 Å². The van der Waals surface area contributed by atoms with E-state index >= 15 is 0 Å². The molecular weight excluding hydrogens is 458 g/mol. The van der Waals surface area contributed by atoms with Gasteiger partial charge in [-0.1, -0.05) is 6.07 Å². The number of nitrogens with one attached hydrogen (secondary N) is 3. The summed E-state index contributed by atoms with van der Waals surface area (Å²) in [6.45, 7) is 3.88. The lowest BCUT2D eigenvalue weighted by atomic mass is 10.1. The number of thioether (sulfide) groups is 1. The van der Waals surface area contributed by atoms with E-state index in [-0.39, 0.29) is 16.7 Å². The third-order valence-corrected chi connectivity index (χ3v) is 7.76. The number of rotatable bonds is 5. The number of fused-ring (bicyclic) bond motifs is 1. The molecular formula is C24H23N3O4S2. The van der Waals surface area contributed by atoms with Crippen LogP contribution in [0.1, 0.15) is 27.9 Å². The van der Waals surface area contributed by atoms with Crippen LogP contribution in [0.2, 0.25) is 0 Å². The number of aryl methyl sites for hydroxylation is 2. The first-order chi connectivity index (χ1) is 15.7. The number of anilines is 3. The van der Waals surface area contributed by atoms with Crippen molar-refractivity contribution in [3.63, 3.8) is 0 Å². The van der Waals surface area contributed by atoms with E-state index in [1.165, 1.54) is 24.3 Å². The van der Waals surface area contributed by atoms with Gasteiger partial charge < -0.3 is 10.6 Å². The first kappa shape index (κ1) is 22.9. The van der Waals surface area contributed by atoms with Gasteiger partial charge in [-0.3, -0.25) is 14.3 Å². The summed E-state index contributed by atoms with van der Waals surface area (Å²) in [4.78, 5) is 25.5. The molecule has 3 aromatic carbocycles. The van der Waals surface area contributed by atoms with Crippen molar-refractivity contribution < 1.29 is 18.0 Å². The van der Waals surface area contributed by atoms with Crippen LogP contribution < -0.4 is 15.4 Å². The molecule has 0 aliphatic carbocycles. The number of hydrogen-bond donors (Lipinski definition) is 3. The molecule has 4 rings (SSSR count). The Hall–Kier alpha value is -3.30. The lowest BCUT2D eigenvalue weighted by Crippen LogP contribution is -2.15. The molecule has 0 unspecified atom stereocenters. The molecule has 7 nitrogen and oxygen atoms in total. The average Bonchev–Trinajstić information content (AvgIpc) is 2.96. The zero-order valence-corrected chi connectivity index (χ0v) is 19.8. The predicted molar refractivity (Wildman–Crippen MR) is 132 cm³/mol. The molecule has 0 fully saturated rings. The van der Waals surface area contributed by atoms with E-state index in [2.05, 4.69) is 15.4 Å². The Morgan fingerprint density at radius 1 is 0.939 bits per heavy atom. The van der Waals surface area contributed by atoms with Crippen molar-refractivity contribution in [1.82, 2.24) is 0 Å². The SMILES string of the molecule is Cc1ccc(NS(=O)(=O)c2ccc(NC(=O)c3ccc4c(c3)NC(=O)CCS4)cc2)cc1C. The van der Waals surface area contributed by atoms with Crippen molar-refractivity contribution in [3.05, 3.63) is 77.4 Å². The van der Waals surface area contributed by atoms with Gasteiger partial charge in [-0.05, 0) is 79.6 Å². The molecule has 0 bridgehead atoms. The monoisotopic (exact) mass is 481 g/mol. The molecule has 170 valence electrons. The summed E-state index contributed by atoms with van der Waals surface area (Å²) in [6.07, 6.45) is 0.425. The smallest absolute Gasteiger partial charge is 0.261 e. The summed E-state index contributed by atoms with van der Waals surface area (Å²) in [5.41, 5.74) is 4.03. The third kappa shape index (κ3) is 5.37. The van der Waals surface area contributed by atoms with Crippen molar-refractivity contribution in [1.29, 1.82) is 0 Å². The number of carbonyl (C=O) groups is 2. The lowest BCUT2D eigenvalue weighted by molar-refractivity contribution is -0.115. The highest BCUT2D eigenvalue weighted by Gasteiger charge is 2.17. The molecule has 0 saturated heterocycles. The van der Waals surface area contributed by atoms with Crippen LogP contribution >= 0.6 is 11.8 Å². The standard InChI is InChI=1S/C24H23N3O4S2/c1-15-3-5-19(13-16(15)2)27-33(30,31)20-8-6-18(7-9-20)25-24(29)17-4-10-22-21(14-17)26-23(28)11-12-32-22/h3-10,13-14,27H,11-12H2,1-2H3,(H,25,29)(H,26,28). The number of carbonyl (C=O) groups excluding carboxylic acids is 2. The van der Waals surface area contributed by atoms with Gasteiger partial charge in [0.1, 0.15) is 0 Å². The van der Waals surface area contributed by atoms with Gasteiger partial charge in [-0.2, -0.15) is 0 Å². The molecule has 0 radical (unpaired) electrons. The first-order valence-electron chi connectivity index (χ1n) is 10.3. The quantitative estimate of drug-likeness (QED) is 0.486. The Balaban J connectivity index is 1.46. The number of benzene rings is 3. The minimum atomic E-state index is -3.76. The zero-order valence-electron chi connectivity index (χ0n) is 18.1. The highest BCUT2D eigenvalue weighted by molar-refractivity contribution is 7.99. The molecule has 3 aromatic rings. The largest absolute Gasteiger partial charge is 0.325 e. The molecule has 1 heterocycles. The molecule has 0 atom stereocenters. The van der Waals surface area contributed by atoms with Crippen LogP contribution in [-0.2, 0) is 14.8 Å². The van der Waals surface area contributed by atoms with Gasteiger partial charge in [0.15, 0.2) is 0 Å². The van der Waals surface area contributed by atoms with Crippen molar-refractivity contribution in [2.24, 2.45) is 0 Å². The molecule has 0 saturated carbocycles. The molecule has 0 spiro atoms. The van der Waals surface area contributed by atoms with Gasteiger partial charge in [-0.15, -0.1) is 11.8 Å². The summed E-state index contributed by atoms with van der Waals surface area (Å²) < 4.78 is 28.0. The van der Waals surface area contributed by atoms with E-state index in [9.17, 15) is 18.0 Å². The predicted octanol–water partition coefficient (Wildman–Crippen LogP) is 4.79. The second-order valence-corrected chi connectivity index (χ2v) is 10.6. The van der Waals surface area contributed by atoms with E-state index in [1.54, 1.807) is 36.0 Å². The topological polar surface area (TPSA) is 104 Å². The Morgan fingerprint density at radius 2 is 1.67 bits per heavy atom.